The molecule has 2 N–H and O–H groups in total. The molecule has 5 rings (SSSR count). The van der Waals surface area contributed by atoms with Crippen molar-refractivity contribution in [1.29, 1.82) is 0 Å². The van der Waals surface area contributed by atoms with E-state index in [1.807, 2.05) is 41.8 Å². The quantitative estimate of drug-likeness (QED) is 0.609. The van der Waals surface area contributed by atoms with Crippen LogP contribution in [0.25, 0.3) is 22.7 Å². The molecule has 3 heterocycles. The molecule has 2 aromatic heterocycles. The maximum absolute atomic E-state index is 6.19. The van der Waals surface area contributed by atoms with Gasteiger partial charge < -0.3 is 15.2 Å². The number of aliphatic imine (C=N–C) groups is 1. The number of aromatic nitrogens is 4. The van der Waals surface area contributed by atoms with E-state index in [9.17, 15) is 0 Å². The Balaban J connectivity index is 1.64. The standard InChI is InChI=1S/C25H29N7O/c1-4-21-25-30-29-17(3)31(25)22(14-26)24(32(21)19-12-8-9-13-19)28-16(2)20-15-27-33-23(20)18-10-6-5-7-11-18/h5-7,10-11,14-15,19,21H,2,4,8-9,12-13,26H2,1,3H3/b22-14+,28-24?/t21-/m1/s1. The molecule has 0 unspecified atom stereocenters. The van der Waals surface area contributed by atoms with Crippen LogP contribution in [-0.2, 0) is 0 Å². The van der Waals surface area contributed by atoms with Crippen molar-refractivity contribution in [3.8, 4) is 11.3 Å². The van der Waals surface area contributed by atoms with Crippen LogP contribution in [0.1, 0.15) is 62.3 Å². The first kappa shape index (κ1) is 21.2. The summed E-state index contributed by atoms with van der Waals surface area (Å²) in [7, 11) is 0. The number of nitrogens with zero attached hydrogens (tertiary/aromatic N) is 6. The number of nitrogens with two attached hydrogens (primary N) is 1. The average Bonchev–Trinajstić information content (AvgIpc) is 3.60. The highest BCUT2D eigenvalue weighted by Gasteiger charge is 2.41. The number of hydrogen-bond donors (Lipinski definition) is 1. The molecule has 33 heavy (non-hydrogen) atoms. The monoisotopic (exact) mass is 443 g/mol. The van der Waals surface area contributed by atoms with Crippen LogP contribution in [0.3, 0.4) is 0 Å². The van der Waals surface area contributed by atoms with Gasteiger partial charge in [0.1, 0.15) is 11.5 Å². The van der Waals surface area contributed by atoms with Gasteiger partial charge in [0.2, 0.25) is 0 Å². The average molecular weight is 444 g/mol. The van der Waals surface area contributed by atoms with E-state index in [1.54, 1.807) is 12.4 Å². The highest BCUT2D eigenvalue weighted by molar-refractivity contribution is 6.19. The van der Waals surface area contributed by atoms with E-state index in [0.29, 0.717) is 17.5 Å². The van der Waals surface area contributed by atoms with Crippen molar-refractivity contribution in [1.82, 2.24) is 24.8 Å². The van der Waals surface area contributed by atoms with Crippen LogP contribution < -0.4 is 5.73 Å². The van der Waals surface area contributed by atoms with Crippen LogP contribution in [0.4, 0.5) is 0 Å². The van der Waals surface area contributed by atoms with Gasteiger partial charge in [-0.25, -0.2) is 4.99 Å². The molecule has 1 fully saturated rings. The van der Waals surface area contributed by atoms with Crippen LogP contribution in [0.2, 0.25) is 0 Å². The van der Waals surface area contributed by atoms with Crippen LogP contribution in [-0.4, -0.2) is 36.7 Å². The minimum Gasteiger partial charge on any atom is -0.403 e. The lowest BCUT2D eigenvalue weighted by Crippen LogP contribution is -2.47. The first-order chi connectivity index (χ1) is 16.1. The first-order valence-corrected chi connectivity index (χ1v) is 11.5. The second kappa shape index (κ2) is 8.69. The zero-order chi connectivity index (χ0) is 22.9. The molecule has 3 aromatic rings. The molecule has 170 valence electrons. The third-order valence-corrected chi connectivity index (χ3v) is 6.62. The van der Waals surface area contributed by atoms with Gasteiger partial charge in [0.15, 0.2) is 17.4 Å². The third-order valence-electron chi connectivity index (χ3n) is 6.62. The van der Waals surface area contributed by atoms with E-state index >= 15 is 0 Å². The largest absolute Gasteiger partial charge is 0.403 e. The van der Waals surface area contributed by atoms with Crippen molar-refractivity contribution in [2.24, 2.45) is 10.7 Å². The molecule has 1 aromatic carbocycles. The van der Waals surface area contributed by atoms with Crippen LogP contribution in [0.15, 0.2) is 58.8 Å². The molecule has 1 atom stereocenters. The van der Waals surface area contributed by atoms with Crippen molar-refractivity contribution in [3.63, 3.8) is 0 Å². The molecule has 8 heteroatoms. The van der Waals surface area contributed by atoms with Gasteiger partial charge in [-0.1, -0.05) is 61.8 Å². The predicted octanol–water partition coefficient (Wildman–Crippen LogP) is 4.78. The highest BCUT2D eigenvalue weighted by Crippen LogP contribution is 2.40. The van der Waals surface area contributed by atoms with Gasteiger partial charge >= 0.3 is 0 Å². The van der Waals surface area contributed by atoms with Crippen molar-refractivity contribution in [2.75, 3.05) is 0 Å². The normalized spacial score (nSPS) is 21.2. The lowest BCUT2D eigenvalue weighted by molar-refractivity contribution is 0.218. The van der Waals surface area contributed by atoms with E-state index in [2.05, 4.69) is 33.8 Å². The Morgan fingerprint density at radius 1 is 1.24 bits per heavy atom. The predicted molar refractivity (Wildman–Crippen MR) is 129 cm³/mol. The molecular formula is C25H29N7O. The van der Waals surface area contributed by atoms with E-state index in [1.165, 1.54) is 12.8 Å². The van der Waals surface area contributed by atoms with Crippen LogP contribution in [0.5, 0.6) is 0 Å². The van der Waals surface area contributed by atoms with Gasteiger partial charge in [-0.3, -0.25) is 4.57 Å². The molecule has 8 nitrogen and oxygen atoms in total. The van der Waals surface area contributed by atoms with E-state index < -0.39 is 0 Å². The Labute approximate surface area is 193 Å². The van der Waals surface area contributed by atoms with E-state index in [0.717, 1.165) is 53.6 Å². The molecule has 0 bridgehead atoms. The van der Waals surface area contributed by atoms with Crippen molar-refractivity contribution in [2.45, 2.75) is 58.0 Å². The van der Waals surface area contributed by atoms with E-state index in [4.69, 9.17) is 15.2 Å². The van der Waals surface area contributed by atoms with Crippen molar-refractivity contribution in [3.05, 3.63) is 66.5 Å². The fourth-order valence-corrected chi connectivity index (χ4v) is 5.08. The van der Waals surface area contributed by atoms with Gasteiger partial charge in [-0.2, -0.15) is 0 Å². The molecule has 1 aliphatic heterocycles. The number of hydrogen-bond acceptors (Lipinski definition) is 6. The van der Waals surface area contributed by atoms with Crippen molar-refractivity contribution >= 4 is 17.2 Å². The van der Waals surface area contributed by atoms with Crippen LogP contribution in [0, 0.1) is 6.92 Å². The van der Waals surface area contributed by atoms with Gasteiger partial charge in [0.25, 0.3) is 0 Å². The Kier molecular flexibility index (Phi) is 5.58. The lowest BCUT2D eigenvalue weighted by atomic mass is 10.0. The highest BCUT2D eigenvalue weighted by atomic mass is 16.5. The number of benzene rings is 1. The fraction of sp³-hybridized carbons (Fsp3) is 0.360. The topological polar surface area (TPSA) is 98.4 Å². The van der Waals surface area contributed by atoms with Gasteiger partial charge in [-0.05, 0) is 26.2 Å². The Morgan fingerprint density at radius 3 is 2.70 bits per heavy atom. The molecule has 0 amide bonds. The Morgan fingerprint density at radius 2 is 2.00 bits per heavy atom. The van der Waals surface area contributed by atoms with Gasteiger partial charge in [0.05, 0.1) is 23.5 Å². The van der Waals surface area contributed by atoms with Crippen molar-refractivity contribution < 1.29 is 4.52 Å². The summed E-state index contributed by atoms with van der Waals surface area (Å²) in [4.78, 5) is 7.48. The second-order valence-electron chi connectivity index (χ2n) is 8.58. The molecule has 1 saturated carbocycles. The molecule has 0 spiro atoms. The minimum atomic E-state index is 0.0700. The number of amidine groups is 1. The lowest BCUT2D eigenvalue weighted by Gasteiger charge is -2.42. The zero-order valence-corrected chi connectivity index (χ0v) is 19.1. The third kappa shape index (κ3) is 3.55. The summed E-state index contributed by atoms with van der Waals surface area (Å²) in [5.74, 6) is 3.16. The number of aryl methyl sites for hydroxylation is 1. The minimum absolute atomic E-state index is 0.0700. The Bertz CT molecular complexity index is 1210. The summed E-state index contributed by atoms with van der Waals surface area (Å²) in [6.45, 7) is 8.42. The molecule has 0 saturated heterocycles. The summed E-state index contributed by atoms with van der Waals surface area (Å²) in [6, 6.07) is 10.3. The van der Waals surface area contributed by atoms with E-state index in [-0.39, 0.29) is 6.04 Å². The SMILES string of the molecule is C=C(N=C1/C(=C\N)n2c(C)nnc2[C@@H](CC)N1C1CCCC1)c1cnoc1-c1ccccc1. The fourth-order valence-electron chi connectivity index (χ4n) is 5.08. The molecular weight excluding hydrogens is 414 g/mol. The number of rotatable bonds is 5. The zero-order valence-electron chi connectivity index (χ0n) is 19.1. The summed E-state index contributed by atoms with van der Waals surface area (Å²) in [6.07, 6.45) is 8.83. The first-order valence-electron chi connectivity index (χ1n) is 11.5. The second-order valence-corrected chi connectivity index (χ2v) is 8.58. The number of fused-ring (bicyclic) bond motifs is 1. The molecule has 2 aliphatic rings. The summed E-state index contributed by atoms with van der Waals surface area (Å²) < 4.78 is 7.61. The molecule has 0 radical (unpaired) electrons. The summed E-state index contributed by atoms with van der Waals surface area (Å²) in [5, 5.41) is 12.9. The summed E-state index contributed by atoms with van der Waals surface area (Å²) in [5.41, 5.74) is 9.24. The molecule has 1 aliphatic carbocycles. The van der Waals surface area contributed by atoms with Gasteiger partial charge in [0, 0.05) is 17.8 Å². The maximum atomic E-state index is 6.19. The maximum Gasteiger partial charge on any atom is 0.176 e. The summed E-state index contributed by atoms with van der Waals surface area (Å²) >= 11 is 0. The van der Waals surface area contributed by atoms with Gasteiger partial charge in [-0.15, -0.1) is 10.2 Å². The van der Waals surface area contributed by atoms with Crippen LogP contribution >= 0.6 is 0 Å². The Hall–Kier alpha value is -3.68. The smallest absolute Gasteiger partial charge is 0.176 e.